The summed E-state index contributed by atoms with van der Waals surface area (Å²) in [5.41, 5.74) is 4.74. The summed E-state index contributed by atoms with van der Waals surface area (Å²) in [5.74, 6) is 0.369. The first-order chi connectivity index (χ1) is 16.5. The maximum absolute atomic E-state index is 14.1. The van der Waals surface area contributed by atoms with Gasteiger partial charge in [-0.1, -0.05) is 30.9 Å². The lowest BCUT2D eigenvalue weighted by Gasteiger charge is -2.19. The maximum Gasteiger partial charge on any atom is 0.182 e. The highest BCUT2D eigenvalue weighted by Gasteiger charge is 2.25. The highest BCUT2D eigenvalue weighted by Crippen LogP contribution is 2.37. The largest absolute Gasteiger partial charge is 0.269 e. The minimum absolute atomic E-state index is 0.333. The molecule has 0 bridgehead atoms. The number of halogens is 2. The number of aryl methyl sites for hydroxylation is 2. The van der Waals surface area contributed by atoms with E-state index in [4.69, 9.17) is 11.6 Å². The Labute approximate surface area is 203 Å². The number of rotatable bonds is 3. The van der Waals surface area contributed by atoms with E-state index in [0.717, 1.165) is 23.3 Å². The van der Waals surface area contributed by atoms with Crippen molar-refractivity contribution < 1.29 is 4.39 Å². The van der Waals surface area contributed by atoms with Crippen LogP contribution in [0.25, 0.3) is 22.4 Å². The number of hydrogen-bond acceptors (Lipinski definition) is 5. The molecule has 0 unspecified atom stereocenters. The molecule has 0 spiro atoms. The summed E-state index contributed by atoms with van der Waals surface area (Å²) >= 11 is 5.77. The van der Waals surface area contributed by atoms with Gasteiger partial charge >= 0.3 is 0 Å². The van der Waals surface area contributed by atoms with Crippen LogP contribution >= 0.6 is 11.6 Å². The fourth-order valence-electron chi connectivity index (χ4n) is 4.46. The van der Waals surface area contributed by atoms with Crippen LogP contribution in [-0.4, -0.2) is 29.7 Å². The SMILES string of the molecule is Cc1nc2ncnc(-c3ccc(Cl)cc3F)c2nc1C.c1nn(C2CC2)cc1C1CCCCC1. The first-order valence-electron chi connectivity index (χ1n) is 11.9. The molecule has 3 aromatic heterocycles. The van der Waals surface area contributed by atoms with Crippen LogP contribution in [0.15, 0.2) is 36.9 Å². The average Bonchev–Trinajstić information content (AvgIpc) is 3.57. The third-order valence-electron chi connectivity index (χ3n) is 6.68. The van der Waals surface area contributed by atoms with Gasteiger partial charge in [-0.25, -0.2) is 24.3 Å². The monoisotopic (exact) mass is 478 g/mol. The van der Waals surface area contributed by atoms with E-state index in [1.165, 1.54) is 62.9 Å². The highest BCUT2D eigenvalue weighted by atomic mass is 35.5. The van der Waals surface area contributed by atoms with E-state index in [2.05, 4.69) is 42.1 Å². The molecule has 6 nitrogen and oxygen atoms in total. The predicted molar refractivity (Wildman–Crippen MR) is 131 cm³/mol. The van der Waals surface area contributed by atoms with Gasteiger partial charge in [0.1, 0.15) is 23.4 Å². The molecule has 8 heteroatoms. The molecule has 4 aromatic rings. The van der Waals surface area contributed by atoms with E-state index in [9.17, 15) is 4.39 Å². The van der Waals surface area contributed by atoms with Crippen LogP contribution in [0.3, 0.4) is 0 Å². The molecule has 6 rings (SSSR count). The standard InChI is InChI=1S/C14H10ClFN4.C12H18N2/c1-7-8(2)20-14-13(19-7)12(17-6-18-14)10-4-3-9(15)5-11(10)16;1-2-4-10(5-3-1)11-8-13-14(9-11)12-6-7-12/h3-6H,1-2H3;8-10,12H,1-7H2. The summed E-state index contributed by atoms with van der Waals surface area (Å²) in [6.07, 6.45) is 15.5. The molecule has 3 heterocycles. The second kappa shape index (κ2) is 9.74. The van der Waals surface area contributed by atoms with Crippen LogP contribution in [0.4, 0.5) is 4.39 Å². The Hall–Kier alpha value is -2.93. The molecule has 0 aliphatic heterocycles. The lowest BCUT2D eigenvalue weighted by Crippen LogP contribution is -2.03. The van der Waals surface area contributed by atoms with E-state index < -0.39 is 5.82 Å². The molecule has 34 heavy (non-hydrogen) atoms. The Morgan fingerprint density at radius 2 is 1.74 bits per heavy atom. The fraction of sp³-hybridized carbons (Fsp3) is 0.423. The lowest BCUT2D eigenvalue weighted by atomic mass is 9.86. The van der Waals surface area contributed by atoms with Gasteiger partial charge in [-0.15, -0.1) is 0 Å². The van der Waals surface area contributed by atoms with Gasteiger partial charge in [0, 0.05) is 16.8 Å². The minimum Gasteiger partial charge on any atom is -0.269 e. The number of fused-ring (bicyclic) bond motifs is 1. The zero-order chi connectivity index (χ0) is 23.7. The Balaban J connectivity index is 0.000000150. The summed E-state index contributed by atoms with van der Waals surface area (Å²) in [5, 5.41) is 4.81. The molecule has 0 saturated heterocycles. The van der Waals surface area contributed by atoms with E-state index in [0.29, 0.717) is 27.4 Å². The average molecular weight is 479 g/mol. The number of benzene rings is 1. The molecular weight excluding hydrogens is 451 g/mol. The van der Waals surface area contributed by atoms with Crippen LogP contribution in [0.2, 0.25) is 5.02 Å². The summed E-state index contributed by atoms with van der Waals surface area (Å²) in [7, 11) is 0. The Morgan fingerprint density at radius 3 is 2.47 bits per heavy atom. The van der Waals surface area contributed by atoms with Gasteiger partial charge in [0.05, 0.1) is 23.6 Å². The van der Waals surface area contributed by atoms with Gasteiger partial charge in [-0.3, -0.25) is 4.68 Å². The van der Waals surface area contributed by atoms with Gasteiger partial charge < -0.3 is 0 Å². The zero-order valence-electron chi connectivity index (χ0n) is 19.5. The Morgan fingerprint density at radius 1 is 0.971 bits per heavy atom. The molecule has 0 radical (unpaired) electrons. The second-order valence-electron chi connectivity index (χ2n) is 9.23. The summed E-state index contributed by atoms with van der Waals surface area (Å²) in [4.78, 5) is 17.0. The van der Waals surface area contributed by atoms with E-state index in [1.54, 1.807) is 12.1 Å². The molecule has 2 aliphatic rings. The van der Waals surface area contributed by atoms with Crippen LogP contribution in [0, 0.1) is 19.7 Å². The van der Waals surface area contributed by atoms with Gasteiger partial charge in [-0.05, 0) is 69.2 Å². The smallest absolute Gasteiger partial charge is 0.182 e. The van der Waals surface area contributed by atoms with Crippen LogP contribution < -0.4 is 0 Å². The number of nitrogens with zero attached hydrogens (tertiary/aromatic N) is 6. The van der Waals surface area contributed by atoms with Crippen molar-refractivity contribution in [3.8, 4) is 11.3 Å². The van der Waals surface area contributed by atoms with Crippen LogP contribution in [-0.2, 0) is 0 Å². The fourth-order valence-corrected chi connectivity index (χ4v) is 4.62. The predicted octanol–water partition coefficient (Wildman–Crippen LogP) is 6.76. The van der Waals surface area contributed by atoms with Crippen molar-refractivity contribution >= 4 is 22.8 Å². The number of hydrogen-bond donors (Lipinski definition) is 0. The number of aromatic nitrogens is 6. The minimum atomic E-state index is -0.447. The van der Waals surface area contributed by atoms with Crippen molar-refractivity contribution in [3.63, 3.8) is 0 Å². The van der Waals surface area contributed by atoms with Gasteiger partial charge in [-0.2, -0.15) is 5.10 Å². The first-order valence-corrected chi connectivity index (χ1v) is 12.3. The molecule has 0 amide bonds. The van der Waals surface area contributed by atoms with E-state index >= 15 is 0 Å². The van der Waals surface area contributed by atoms with Crippen molar-refractivity contribution in [1.82, 2.24) is 29.7 Å². The summed E-state index contributed by atoms with van der Waals surface area (Å²) in [6.45, 7) is 3.70. The van der Waals surface area contributed by atoms with Gasteiger partial charge in [0.2, 0.25) is 0 Å². The van der Waals surface area contributed by atoms with Gasteiger partial charge in [0.15, 0.2) is 5.65 Å². The first kappa shape index (κ1) is 22.8. The molecule has 0 N–H and O–H groups in total. The van der Waals surface area contributed by atoms with Crippen molar-refractivity contribution in [2.45, 2.75) is 70.8 Å². The molecule has 176 valence electrons. The Bertz CT molecular complexity index is 1310. The van der Waals surface area contributed by atoms with Crippen molar-refractivity contribution in [3.05, 3.63) is 64.7 Å². The van der Waals surface area contributed by atoms with E-state index in [-0.39, 0.29) is 0 Å². The molecule has 2 saturated carbocycles. The van der Waals surface area contributed by atoms with Crippen LogP contribution in [0.1, 0.15) is 73.9 Å². The summed E-state index contributed by atoms with van der Waals surface area (Å²) < 4.78 is 16.2. The maximum atomic E-state index is 14.1. The zero-order valence-corrected chi connectivity index (χ0v) is 20.3. The second-order valence-corrected chi connectivity index (χ2v) is 9.67. The molecule has 2 fully saturated rings. The van der Waals surface area contributed by atoms with Gasteiger partial charge in [0.25, 0.3) is 0 Å². The van der Waals surface area contributed by atoms with Crippen molar-refractivity contribution in [1.29, 1.82) is 0 Å². The molecule has 0 atom stereocenters. The Kier molecular flexibility index (Phi) is 6.55. The topological polar surface area (TPSA) is 69.4 Å². The molecular formula is C26H28ClFN6. The lowest BCUT2D eigenvalue weighted by molar-refractivity contribution is 0.443. The van der Waals surface area contributed by atoms with Crippen molar-refractivity contribution in [2.24, 2.45) is 0 Å². The van der Waals surface area contributed by atoms with Crippen LogP contribution in [0.5, 0.6) is 0 Å². The normalized spacial score (nSPS) is 16.4. The third kappa shape index (κ3) is 4.94. The van der Waals surface area contributed by atoms with Crippen molar-refractivity contribution in [2.75, 3.05) is 0 Å². The molecule has 1 aromatic carbocycles. The highest BCUT2D eigenvalue weighted by molar-refractivity contribution is 6.30. The quantitative estimate of drug-likeness (QED) is 0.325. The summed E-state index contributed by atoms with van der Waals surface area (Å²) in [6, 6.07) is 5.19. The van der Waals surface area contributed by atoms with E-state index in [1.807, 2.05) is 13.8 Å². The third-order valence-corrected chi connectivity index (χ3v) is 6.92. The molecule has 2 aliphatic carbocycles.